The van der Waals surface area contributed by atoms with Crippen molar-refractivity contribution in [1.29, 1.82) is 0 Å². The molecule has 2 amide bonds. The average Bonchev–Trinajstić information content (AvgIpc) is 3.59. The summed E-state index contributed by atoms with van der Waals surface area (Å²) in [6.07, 6.45) is 1.79. The second-order valence-electron chi connectivity index (χ2n) is 9.07. The molecule has 6 rings (SSSR count). The number of anilines is 2. The number of methoxy groups -OCH3 is 1. The number of aromatic amines is 1. The number of carbonyl (C=O) groups is 1. The molecule has 0 aliphatic heterocycles. The van der Waals surface area contributed by atoms with Crippen LogP contribution in [0.4, 0.5) is 15.6 Å². The zero-order valence-corrected chi connectivity index (χ0v) is 21.9. The fraction of sp³-hybridized carbons (Fsp3) is 0.143. The van der Waals surface area contributed by atoms with Crippen molar-refractivity contribution >= 4 is 49.6 Å². The van der Waals surface area contributed by atoms with Gasteiger partial charge >= 0.3 is 6.03 Å². The van der Waals surface area contributed by atoms with Gasteiger partial charge in [0, 0.05) is 11.3 Å². The van der Waals surface area contributed by atoms with Gasteiger partial charge in [-0.3, -0.25) is 5.32 Å². The lowest BCUT2D eigenvalue weighted by Crippen LogP contribution is -2.19. The van der Waals surface area contributed by atoms with Crippen molar-refractivity contribution in [3.8, 4) is 17.1 Å². The van der Waals surface area contributed by atoms with Gasteiger partial charge in [-0.2, -0.15) is 5.10 Å². The number of hydrogen-bond donors (Lipinski definition) is 3. The molecular formula is C28H25N7O2S. The molecule has 0 fully saturated rings. The number of nitrogens with one attached hydrogen (secondary N) is 3. The maximum atomic E-state index is 12.6. The highest BCUT2D eigenvalue weighted by molar-refractivity contribution is 7.22. The Kier molecular flexibility index (Phi) is 6.01. The molecule has 3 heterocycles. The molecule has 3 aromatic carbocycles. The zero-order chi connectivity index (χ0) is 26.2. The van der Waals surface area contributed by atoms with Gasteiger partial charge < -0.3 is 15.0 Å². The van der Waals surface area contributed by atoms with Gasteiger partial charge in [-0.25, -0.2) is 19.4 Å². The van der Waals surface area contributed by atoms with Gasteiger partial charge in [-0.15, -0.1) is 0 Å². The largest absolute Gasteiger partial charge is 0.497 e. The summed E-state index contributed by atoms with van der Waals surface area (Å²) < 4.78 is 8.15. The molecule has 0 saturated heterocycles. The molecule has 0 bridgehead atoms. The Hall–Kier alpha value is -4.70. The van der Waals surface area contributed by atoms with Crippen LogP contribution in [0.1, 0.15) is 16.7 Å². The monoisotopic (exact) mass is 523 g/mol. The minimum Gasteiger partial charge on any atom is -0.497 e. The topological polar surface area (TPSA) is 110 Å². The van der Waals surface area contributed by atoms with Gasteiger partial charge in [0.1, 0.15) is 17.1 Å². The number of benzene rings is 3. The molecule has 190 valence electrons. The van der Waals surface area contributed by atoms with Crippen molar-refractivity contribution in [2.75, 3.05) is 17.7 Å². The molecule has 6 aromatic rings. The third-order valence-corrected chi connectivity index (χ3v) is 7.21. The summed E-state index contributed by atoms with van der Waals surface area (Å²) in [7, 11) is 1.65. The van der Waals surface area contributed by atoms with E-state index in [9.17, 15) is 4.79 Å². The maximum absolute atomic E-state index is 12.6. The number of H-pyrrole nitrogens is 1. The van der Waals surface area contributed by atoms with Crippen molar-refractivity contribution in [1.82, 2.24) is 24.7 Å². The van der Waals surface area contributed by atoms with E-state index >= 15 is 0 Å². The molecule has 0 unspecified atom stereocenters. The molecule has 9 nitrogen and oxygen atoms in total. The van der Waals surface area contributed by atoms with E-state index in [1.807, 2.05) is 73.1 Å². The van der Waals surface area contributed by atoms with Crippen LogP contribution in [-0.2, 0) is 6.54 Å². The molecule has 38 heavy (non-hydrogen) atoms. The Bertz CT molecular complexity index is 1780. The maximum Gasteiger partial charge on any atom is 0.325 e. The quantitative estimate of drug-likeness (QED) is 0.236. The number of thiazole rings is 1. The van der Waals surface area contributed by atoms with Crippen LogP contribution in [0.2, 0.25) is 0 Å². The Morgan fingerprint density at radius 3 is 2.66 bits per heavy atom. The highest BCUT2D eigenvalue weighted by Gasteiger charge is 2.14. The smallest absolute Gasteiger partial charge is 0.325 e. The summed E-state index contributed by atoms with van der Waals surface area (Å²) in [4.78, 5) is 25.3. The predicted octanol–water partition coefficient (Wildman–Crippen LogP) is 6.35. The Morgan fingerprint density at radius 1 is 1.03 bits per heavy atom. The fourth-order valence-electron chi connectivity index (χ4n) is 4.35. The van der Waals surface area contributed by atoms with E-state index in [4.69, 9.17) is 9.72 Å². The van der Waals surface area contributed by atoms with Crippen molar-refractivity contribution in [2.24, 2.45) is 0 Å². The van der Waals surface area contributed by atoms with E-state index in [-0.39, 0.29) is 6.03 Å². The number of ether oxygens (including phenoxy) is 1. The van der Waals surface area contributed by atoms with E-state index in [1.165, 1.54) is 11.3 Å². The van der Waals surface area contributed by atoms with Gasteiger partial charge in [0.05, 0.1) is 30.1 Å². The van der Waals surface area contributed by atoms with Gasteiger partial charge in [0.2, 0.25) is 0 Å². The van der Waals surface area contributed by atoms with E-state index in [1.54, 1.807) is 13.3 Å². The van der Waals surface area contributed by atoms with Crippen LogP contribution in [0.15, 0.2) is 66.9 Å². The number of amides is 2. The van der Waals surface area contributed by atoms with Crippen molar-refractivity contribution < 1.29 is 9.53 Å². The molecule has 3 N–H and O–H groups in total. The predicted molar refractivity (Wildman–Crippen MR) is 151 cm³/mol. The van der Waals surface area contributed by atoms with E-state index in [0.29, 0.717) is 17.4 Å². The number of rotatable bonds is 6. The molecule has 10 heteroatoms. The molecule has 0 spiro atoms. The first-order valence-electron chi connectivity index (χ1n) is 12.1. The van der Waals surface area contributed by atoms with Crippen molar-refractivity contribution in [2.45, 2.75) is 20.4 Å². The Balaban J connectivity index is 1.16. The Labute approximate surface area is 222 Å². The van der Waals surface area contributed by atoms with E-state index in [2.05, 4.69) is 31.8 Å². The van der Waals surface area contributed by atoms with E-state index < -0.39 is 0 Å². The molecule has 0 saturated carbocycles. The minimum absolute atomic E-state index is 0.338. The molecule has 0 atom stereocenters. The first-order chi connectivity index (χ1) is 18.4. The van der Waals surface area contributed by atoms with E-state index in [0.717, 1.165) is 55.2 Å². The van der Waals surface area contributed by atoms with Crippen LogP contribution < -0.4 is 15.4 Å². The number of urea groups is 1. The second kappa shape index (κ2) is 9.64. The van der Waals surface area contributed by atoms with Crippen LogP contribution in [-0.4, -0.2) is 37.9 Å². The number of fused-ring (bicyclic) bond motifs is 2. The molecule has 3 aromatic heterocycles. The summed E-state index contributed by atoms with van der Waals surface area (Å²) in [6, 6.07) is 19.3. The van der Waals surface area contributed by atoms with Gasteiger partial charge in [-0.1, -0.05) is 29.5 Å². The van der Waals surface area contributed by atoms with Crippen LogP contribution in [0.25, 0.3) is 32.8 Å². The molecule has 0 aliphatic rings. The lowest BCUT2D eigenvalue weighted by molar-refractivity contribution is 0.262. The number of hydrogen-bond acceptors (Lipinski definition) is 6. The first kappa shape index (κ1) is 23.7. The van der Waals surface area contributed by atoms with Crippen LogP contribution in [0, 0.1) is 13.8 Å². The molecular weight excluding hydrogens is 498 g/mol. The number of nitrogens with zero attached hydrogens (tertiary/aromatic N) is 4. The Morgan fingerprint density at radius 2 is 1.87 bits per heavy atom. The summed E-state index contributed by atoms with van der Waals surface area (Å²) in [5.41, 5.74) is 7.38. The fourth-order valence-corrected chi connectivity index (χ4v) is 5.30. The van der Waals surface area contributed by atoms with Gasteiger partial charge in [0.25, 0.3) is 0 Å². The van der Waals surface area contributed by atoms with Gasteiger partial charge in [0.15, 0.2) is 10.8 Å². The normalized spacial score (nSPS) is 11.2. The van der Waals surface area contributed by atoms with Gasteiger partial charge in [-0.05, 0) is 73.0 Å². The molecule has 0 aliphatic carbocycles. The highest BCUT2D eigenvalue weighted by Crippen LogP contribution is 2.28. The third kappa shape index (κ3) is 4.69. The number of imidazole rings is 1. The average molecular weight is 524 g/mol. The third-order valence-electron chi connectivity index (χ3n) is 6.28. The van der Waals surface area contributed by atoms with Crippen molar-refractivity contribution in [3.05, 3.63) is 83.6 Å². The van der Waals surface area contributed by atoms with Crippen LogP contribution in [0.5, 0.6) is 5.75 Å². The standard InChI is InChI=1S/C28H25N7O2S/c1-16-4-11-22-24(12-16)38-28(32-22)34-27(36)30-19-7-10-21(17(2)13-19)25-31-23-14-29-35(26(23)33-25)15-18-5-8-20(37-3)9-6-18/h4-14H,15H2,1-3H3,(H,31,33)(H2,30,32,34,36). The summed E-state index contributed by atoms with van der Waals surface area (Å²) in [5, 5.41) is 10.8. The SMILES string of the molecule is COc1ccc(Cn2ncc3[nH]c(-c4ccc(NC(=O)Nc5nc6ccc(C)cc6s5)cc4C)nc32)cc1. The minimum atomic E-state index is -0.338. The highest BCUT2D eigenvalue weighted by atomic mass is 32.1. The molecule has 0 radical (unpaired) electrons. The summed E-state index contributed by atoms with van der Waals surface area (Å²) in [5.74, 6) is 1.57. The lowest BCUT2D eigenvalue weighted by atomic mass is 10.1. The summed E-state index contributed by atoms with van der Waals surface area (Å²) in [6.45, 7) is 4.63. The first-order valence-corrected chi connectivity index (χ1v) is 12.9. The second-order valence-corrected chi connectivity index (χ2v) is 10.1. The number of aromatic nitrogens is 5. The van der Waals surface area contributed by atoms with Crippen LogP contribution >= 0.6 is 11.3 Å². The zero-order valence-electron chi connectivity index (χ0n) is 21.1. The van der Waals surface area contributed by atoms with Crippen LogP contribution in [0.3, 0.4) is 0 Å². The summed E-state index contributed by atoms with van der Waals surface area (Å²) >= 11 is 1.45. The lowest BCUT2D eigenvalue weighted by Gasteiger charge is -2.09. The van der Waals surface area contributed by atoms with Crippen molar-refractivity contribution in [3.63, 3.8) is 0 Å². The number of aryl methyl sites for hydroxylation is 2. The number of carbonyl (C=O) groups excluding carboxylic acids is 1.